The number of nitrogens with zero attached hydrogens (tertiary/aromatic N) is 2. The van der Waals surface area contributed by atoms with Gasteiger partial charge < -0.3 is 19.5 Å². The number of aromatic nitrogens is 2. The Bertz CT molecular complexity index is 996. The van der Waals surface area contributed by atoms with E-state index >= 15 is 0 Å². The molecule has 0 fully saturated rings. The summed E-state index contributed by atoms with van der Waals surface area (Å²) >= 11 is 0. The van der Waals surface area contributed by atoms with E-state index in [1.807, 2.05) is 0 Å². The van der Waals surface area contributed by atoms with Crippen molar-refractivity contribution < 1.29 is 23.8 Å². The third-order valence-electron chi connectivity index (χ3n) is 3.92. The van der Waals surface area contributed by atoms with Gasteiger partial charge in [0.1, 0.15) is 5.56 Å². The van der Waals surface area contributed by atoms with E-state index in [1.54, 1.807) is 43.5 Å². The van der Waals surface area contributed by atoms with Crippen LogP contribution in [-0.2, 0) is 4.74 Å². The maximum atomic E-state index is 12.6. The molecule has 0 saturated heterocycles. The number of carbonyl (C=O) groups is 2. The van der Waals surface area contributed by atoms with Gasteiger partial charge in [-0.3, -0.25) is 4.79 Å². The minimum absolute atomic E-state index is 0.270. The highest BCUT2D eigenvalue weighted by atomic mass is 16.5. The van der Waals surface area contributed by atoms with Crippen LogP contribution >= 0.6 is 0 Å². The molecule has 1 amide bonds. The van der Waals surface area contributed by atoms with Crippen molar-refractivity contribution in [3.8, 4) is 11.5 Å². The molecule has 2 aromatic heterocycles. The fourth-order valence-corrected chi connectivity index (χ4v) is 2.61. The number of anilines is 1. The average molecular weight is 369 g/mol. The van der Waals surface area contributed by atoms with E-state index in [-0.39, 0.29) is 12.5 Å². The molecule has 0 aliphatic carbocycles. The van der Waals surface area contributed by atoms with Crippen LogP contribution in [0.4, 0.5) is 5.69 Å². The number of benzene rings is 1. The monoisotopic (exact) mass is 369 g/mol. The lowest BCUT2D eigenvalue weighted by Crippen LogP contribution is -2.12. The number of rotatable bonds is 6. The van der Waals surface area contributed by atoms with Gasteiger partial charge in [0.25, 0.3) is 5.91 Å². The summed E-state index contributed by atoms with van der Waals surface area (Å²) in [4.78, 5) is 24.6. The lowest BCUT2D eigenvalue weighted by molar-refractivity contribution is 0.0528. The zero-order chi connectivity index (χ0) is 19.4. The number of carbonyl (C=O) groups excluding carboxylic acids is 2. The van der Waals surface area contributed by atoms with Crippen molar-refractivity contribution >= 4 is 23.1 Å². The summed E-state index contributed by atoms with van der Waals surface area (Å²) < 4.78 is 17.0. The third kappa shape index (κ3) is 3.69. The molecule has 8 heteroatoms. The van der Waals surface area contributed by atoms with Gasteiger partial charge in [0.15, 0.2) is 11.5 Å². The molecule has 0 aliphatic heterocycles. The second-order valence-corrected chi connectivity index (χ2v) is 5.55. The number of methoxy groups -OCH3 is 2. The predicted molar refractivity (Wildman–Crippen MR) is 98.6 cm³/mol. The first-order valence-electron chi connectivity index (χ1n) is 8.25. The van der Waals surface area contributed by atoms with E-state index in [9.17, 15) is 9.59 Å². The Hall–Kier alpha value is -3.55. The molecule has 3 aromatic rings. The van der Waals surface area contributed by atoms with Crippen LogP contribution in [-0.4, -0.2) is 42.3 Å². The van der Waals surface area contributed by atoms with Crippen LogP contribution in [0, 0.1) is 0 Å². The van der Waals surface area contributed by atoms with Gasteiger partial charge in [-0.25, -0.2) is 9.31 Å². The second-order valence-electron chi connectivity index (χ2n) is 5.55. The van der Waals surface area contributed by atoms with Gasteiger partial charge in [0.2, 0.25) is 0 Å². The molecule has 0 spiro atoms. The topological polar surface area (TPSA) is 91.2 Å². The molecule has 0 unspecified atom stereocenters. The number of amides is 1. The molecular weight excluding hydrogens is 350 g/mol. The summed E-state index contributed by atoms with van der Waals surface area (Å²) in [5.74, 6) is 0.211. The van der Waals surface area contributed by atoms with E-state index in [4.69, 9.17) is 14.2 Å². The zero-order valence-electron chi connectivity index (χ0n) is 15.2. The number of pyridine rings is 1. The molecule has 2 heterocycles. The summed E-state index contributed by atoms with van der Waals surface area (Å²) in [5, 5.41) is 6.91. The summed E-state index contributed by atoms with van der Waals surface area (Å²) in [7, 11) is 3.03. The van der Waals surface area contributed by atoms with E-state index in [2.05, 4.69) is 10.4 Å². The Balaban J connectivity index is 1.87. The molecule has 1 N–H and O–H groups in total. The van der Waals surface area contributed by atoms with Gasteiger partial charge >= 0.3 is 5.97 Å². The molecule has 1 aromatic carbocycles. The van der Waals surface area contributed by atoms with Gasteiger partial charge in [-0.15, -0.1) is 0 Å². The molecule has 0 radical (unpaired) electrons. The van der Waals surface area contributed by atoms with Crippen molar-refractivity contribution in [3.63, 3.8) is 0 Å². The van der Waals surface area contributed by atoms with Crippen LogP contribution < -0.4 is 14.8 Å². The normalized spacial score (nSPS) is 10.5. The minimum atomic E-state index is -0.462. The molecule has 0 atom stereocenters. The van der Waals surface area contributed by atoms with Gasteiger partial charge in [0, 0.05) is 17.4 Å². The molecule has 27 heavy (non-hydrogen) atoms. The highest BCUT2D eigenvalue weighted by molar-refractivity contribution is 6.05. The van der Waals surface area contributed by atoms with Gasteiger partial charge in [-0.2, -0.15) is 5.10 Å². The summed E-state index contributed by atoms with van der Waals surface area (Å²) in [6.45, 7) is 2.00. The highest BCUT2D eigenvalue weighted by Gasteiger charge is 2.15. The Labute approximate surface area is 155 Å². The Kier molecular flexibility index (Phi) is 5.25. The van der Waals surface area contributed by atoms with Gasteiger partial charge in [-0.1, -0.05) is 0 Å². The first-order valence-corrected chi connectivity index (χ1v) is 8.25. The molecule has 140 valence electrons. The lowest BCUT2D eigenvalue weighted by Gasteiger charge is -2.10. The number of esters is 1. The molecule has 0 aliphatic rings. The van der Waals surface area contributed by atoms with E-state index in [1.165, 1.54) is 24.9 Å². The fraction of sp³-hybridized carbons (Fsp3) is 0.211. The largest absolute Gasteiger partial charge is 0.493 e. The average Bonchev–Trinajstić information content (AvgIpc) is 3.10. The number of hydrogen-bond donors (Lipinski definition) is 1. The summed E-state index contributed by atoms with van der Waals surface area (Å²) in [5.41, 5.74) is 1.80. The van der Waals surface area contributed by atoms with Crippen LogP contribution in [0.5, 0.6) is 11.5 Å². The van der Waals surface area contributed by atoms with Crippen molar-refractivity contribution in [2.75, 3.05) is 26.1 Å². The number of nitrogens with one attached hydrogen (secondary N) is 1. The van der Waals surface area contributed by atoms with Crippen LogP contribution in [0.25, 0.3) is 5.52 Å². The predicted octanol–water partition coefficient (Wildman–Crippen LogP) is 2.78. The number of ether oxygens (including phenoxy) is 3. The maximum absolute atomic E-state index is 12.6. The first kappa shape index (κ1) is 18.2. The van der Waals surface area contributed by atoms with E-state index in [0.29, 0.717) is 33.8 Å². The molecular formula is C19H19N3O5. The van der Waals surface area contributed by atoms with Crippen LogP contribution in [0.2, 0.25) is 0 Å². The standard InChI is InChI=1S/C19H19N3O5/c1-4-27-19(24)14-11-20-22-8-7-13(10-15(14)22)21-18(23)12-5-6-16(25-2)17(9-12)26-3/h5-11H,4H2,1-3H3,(H,21,23). The number of hydrogen-bond acceptors (Lipinski definition) is 6. The van der Waals surface area contributed by atoms with Gasteiger partial charge in [0.05, 0.1) is 32.5 Å². The Morgan fingerprint density at radius 3 is 2.59 bits per heavy atom. The van der Waals surface area contributed by atoms with Crippen molar-refractivity contribution in [1.82, 2.24) is 9.61 Å². The highest BCUT2D eigenvalue weighted by Crippen LogP contribution is 2.28. The minimum Gasteiger partial charge on any atom is -0.493 e. The SMILES string of the molecule is CCOC(=O)c1cnn2ccc(NC(=O)c3ccc(OC)c(OC)c3)cc12. The van der Waals surface area contributed by atoms with Crippen LogP contribution in [0.1, 0.15) is 27.6 Å². The lowest BCUT2D eigenvalue weighted by atomic mass is 10.1. The summed E-state index contributed by atoms with van der Waals surface area (Å²) in [6, 6.07) is 8.24. The van der Waals surface area contributed by atoms with Crippen molar-refractivity contribution in [2.24, 2.45) is 0 Å². The zero-order valence-corrected chi connectivity index (χ0v) is 15.2. The first-order chi connectivity index (χ1) is 13.1. The Morgan fingerprint density at radius 2 is 1.89 bits per heavy atom. The van der Waals surface area contributed by atoms with E-state index < -0.39 is 5.97 Å². The van der Waals surface area contributed by atoms with Crippen LogP contribution in [0.3, 0.4) is 0 Å². The smallest absolute Gasteiger partial charge is 0.341 e. The molecule has 0 bridgehead atoms. The van der Waals surface area contributed by atoms with Crippen molar-refractivity contribution in [1.29, 1.82) is 0 Å². The van der Waals surface area contributed by atoms with E-state index in [0.717, 1.165) is 0 Å². The second kappa shape index (κ2) is 7.77. The Morgan fingerprint density at radius 1 is 1.11 bits per heavy atom. The summed E-state index contributed by atoms with van der Waals surface area (Å²) in [6.07, 6.45) is 3.09. The molecule has 0 saturated carbocycles. The number of fused-ring (bicyclic) bond motifs is 1. The van der Waals surface area contributed by atoms with Crippen LogP contribution in [0.15, 0.2) is 42.7 Å². The van der Waals surface area contributed by atoms with Crippen molar-refractivity contribution in [2.45, 2.75) is 6.92 Å². The van der Waals surface area contributed by atoms with Gasteiger partial charge in [-0.05, 0) is 37.3 Å². The molecule has 3 rings (SSSR count). The third-order valence-corrected chi connectivity index (χ3v) is 3.92. The fourth-order valence-electron chi connectivity index (χ4n) is 2.61. The van der Waals surface area contributed by atoms with Crippen molar-refractivity contribution in [3.05, 3.63) is 53.9 Å². The maximum Gasteiger partial charge on any atom is 0.341 e. The quantitative estimate of drug-likeness (QED) is 0.672. The molecule has 8 nitrogen and oxygen atoms in total.